The van der Waals surface area contributed by atoms with Gasteiger partial charge in [0, 0.05) is 33.6 Å². The number of carbonyl (C=O) groups excluding carboxylic acids is 2. The Bertz CT molecular complexity index is 1060. The van der Waals surface area contributed by atoms with Gasteiger partial charge in [0.05, 0.1) is 11.3 Å². The third-order valence-electron chi connectivity index (χ3n) is 5.84. The van der Waals surface area contributed by atoms with E-state index in [1.807, 2.05) is 66.0 Å². The van der Waals surface area contributed by atoms with Crippen molar-refractivity contribution in [2.75, 3.05) is 11.9 Å². The lowest BCUT2D eigenvalue weighted by molar-refractivity contribution is -0.120. The quantitative estimate of drug-likeness (QED) is 0.539. The zero-order chi connectivity index (χ0) is 18.8. The van der Waals surface area contributed by atoms with Gasteiger partial charge in [0.25, 0.3) is 0 Å². The number of ketones is 1. The van der Waals surface area contributed by atoms with Gasteiger partial charge in [0.2, 0.25) is 5.91 Å². The number of rotatable bonds is 3. The van der Waals surface area contributed by atoms with Crippen LogP contribution in [0.4, 0.5) is 5.69 Å². The third-order valence-corrected chi connectivity index (χ3v) is 7.32. The molecule has 3 aromatic rings. The van der Waals surface area contributed by atoms with Crippen LogP contribution >= 0.6 is 27.3 Å². The Morgan fingerprint density at radius 1 is 1.07 bits per heavy atom. The van der Waals surface area contributed by atoms with Crippen molar-refractivity contribution in [2.24, 2.45) is 5.92 Å². The fraction of sp³-hybridized carbons (Fsp3) is 0.182. The number of Topliss-reactive ketones (excluding diaryl/α,β-unsaturated/α-hetero) is 1. The van der Waals surface area contributed by atoms with Gasteiger partial charge in [-0.15, -0.1) is 11.3 Å². The molecule has 1 spiro atoms. The number of hydrogen-bond acceptors (Lipinski definition) is 3. The molecule has 2 heterocycles. The van der Waals surface area contributed by atoms with Crippen molar-refractivity contribution in [3.05, 3.63) is 86.5 Å². The van der Waals surface area contributed by atoms with Gasteiger partial charge in [-0.1, -0.05) is 52.3 Å². The van der Waals surface area contributed by atoms with E-state index in [-0.39, 0.29) is 23.5 Å². The van der Waals surface area contributed by atoms with Gasteiger partial charge in [0.15, 0.2) is 5.78 Å². The fourth-order valence-electron chi connectivity index (χ4n) is 4.62. The molecule has 1 fully saturated rings. The normalized spacial score (nSPS) is 25.7. The van der Waals surface area contributed by atoms with Crippen molar-refractivity contribution >= 4 is 44.6 Å². The van der Waals surface area contributed by atoms with Crippen LogP contribution in [-0.4, -0.2) is 18.7 Å². The first kappa shape index (κ1) is 16.9. The fourth-order valence-corrected chi connectivity index (χ4v) is 5.82. The number of likely N-dealkylation sites (N-methyl/N-ethyl adjacent to an activating group) is 1. The Morgan fingerprint density at radius 3 is 2.52 bits per heavy atom. The van der Waals surface area contributed by atoms with Crippen LogP contribution in [0.3, 0.4) is 0 Å². The minimum atomic E-state index is -0.777. The van der Waals surface area contributed by atoms with Gasteiger partial charge in [-0.3, -0.25) is 9.59 Å². The van der Waals surface area contributed by atoms with Crippen LogP contribution in [0, 0.1) is 5.92 Å². The number of anilines is 1. The maximum atomic E-state index is 13.5. The SMILES string of the molecule is CN1C(=O)[C@@]2(c3ccccc31)[C@H](C(=O)c1ccc(Br)cc1)[C@H]2c1cccs1. The molecule has 0 bridgehead atoms. The smallest absolute Gasteiger partial charge is 0.238 e. The Balaban J connectivity index is 1.67. The Morgan fingerprint density at radius 2 is 1.81 bits per heavy atom. The summed E-state index contributed by atoms with van der Waals surface area (Å²) in [6, 6.07) is 19.3. The summed E-state index contributed by atoms with van der Waals surface area (Å²) < 4.78 is 0.932. The second kappa shape index (κ2) is 5.88. The van der Waals surface area contributed by atoms with E-state index < -0.39 is 5.41 Å². The standard InChI is InChI=1S/C22H16BrNO2S/c1-24-16-6-3-2-5-15(16)22(21(24)26)18(17-7-4-12-27-17)19(22)20(25)13-8-10-14(23)11-9-13/h2-12,18-19H,1H3/t18-,19+,22-/m1/s1. The molecule has 0 N–H and O–H groups in total. The number of nitrogens with zero attached hydrogens (tertiary/aromatic N) is 1. The molecule has 5 heteroatoms. The number of carbonyl (C=O) groups is 2. The predicted octanol–water partition coefficient (Wildman–Crippen LogP) is 5.02. The first-order valence-electron chi connectivity index (χ1n) is 8.77. The summed E-state index contributed by atoms with van der Waals surface area (Å²) in [5.41, 5.74) is 1.77. The number of fused-ring (bicyclic) bond motifs is 2. The molecule has 5 rings (SSSR count). The molecule has 1 aliphatic carbocycles. The van der Waals surface area contributed by atoms with E-state index in [9.17, 15) is 9.59 Å². The lowest BCUT2D eigenvalue weighted by atomic mass is 9.91. The molecule has 1 aromatic heterocycles. The number of benzene rings is 2. The molecular formula is C22H16BrNO2S. The van der Waals surface area contributed by atoms with E-state index in [2.05, 4.69) is 15.9 Å². The predicted molar refractivity (Wildman–Crippen MR) is 111 cm³/mol. The highest BCUT2D eigenvalue weighted by molar-refractivity contribution is 9.10. The summed E-state index contributed by atoms with van der Waals surface area (Å²) in [6.45, 7) is 0. The van der Waals surface area contributed by atoms with Crippen molar-refractivity contribution in [1.82, 2.24) is 0 Å². The topological polar surface area (TPSA) is 37.4 Å². The number of para-hydroxylation sites is 1. The van der Waals surface area contributed by atoms with Gasteiger partial charge in [-0.2, -0.15) is 0 Å². The van der Waals surface area contributed by atoms with Gasteiger partial charge >= 0.3 is 0 Å². The maximum Gasteiger partial charge on any atom is 0.238 e. The molecule has 0 radical (unpaired) electrons. The summed E-state index contributed by atoms with van der Waals surface area (Å²) in [7, 11) is 1.81. The molecular weight excluding hydrogens is 422 g/mol. The van der Waals surface area contributed by atoms with Crippen LogP contribution in [0.25, 0.3) is 0 Å². The molecule has 3 atom stereocenters. The second-order valence-electron chi connectivity index (χ2n) is 7.09. The van der Waals surface area contributed by atoms with E-state index in [1.165, 1.54) is 0 Å². The van der Waals surface area contributed by atoms with Crippen molar-refractivity contribution < 1.29 is 9.59 Å². The van der Waals surface area contributed by atoms with Crippen LogP contribution in [0.15, 0.2) is 70.5 Å². The number of amides is 1. The lowest BCUT2D eigenvalue weighted by Gasteiger charge is -2.11. The number of thiophene rings is 1. The maximum absolute atomic E-state index is 13.5. The number of halogens is 1. The monoisotopic (exact) mass is 437 g/mol. The van der Waals surface area contributed by atoms with Crippen LogP contribution in [0.5, 0.6) is 0 Å². The van der Waals surface area contributed by atoms with Crippen LogP contribution in [0.2, 0.25) is 0 Å². The average molecular weight is 438 g/mol. The van der Waals surface area contributed by atoms with E-state index >= 15 is 0 Å². The Kier molecular flexibility index (Phi) is 3.68. The van der Waals surface area contributed by atoms with Crippen molar-refractivity contribution in [3.8, 4) is 0 Å². The van der Waals surface area contributed by atoms with Crippen molar-refractivity contribution in [1.29, 1.82) is 0 Å². The van der Waals surface area contributed by atoms with Crippen LogP contribution < -0.4 is 4.90 Å². The highest BCUT2D eigenvalue weighted by atomic mass is 79.9. The van der Waals surface area contributed by atoms with Gasteiger partial charge < -0.3 is 4.90 Å². The zero-order valence-electron chi connectivity index (χ0n) is 14.6. The van der Waals surface area contributed by atoms with E-state index in [4.69, 9.17) is 0 Å². The Labute approximate surface area is 169 Å². The van der Waals surface area contributed by atoms with Gasteiger partial charge in [-0.05, 0) is 35.2 Å². The number of hydrogen-bond donors (Lipinski definition) is 0. The molecule has 1 amide bonds. The molecule has 2 aliphatic rings. The summed E-state index contributed by atoms with van der Waals surface area (Å²) in [5.74, 6) is -0.403. The minimum Gasteiger partial charge on any atom is -0.314 e. The zero-order valence-corrected chi connectivity index (χ0v) is 17.0. The highest BCUT2D eigenvalue weighted by Crippen LogP contribution is 2.71. The van der Waals surface area contributed by atoms with Gasteiger partial charge in [-0.25, -0.2) is 0 Å². The molecule has 2 aromatic carbocycles. The van der Waals surface area contributed by atoms with Gasteiger partial charge in [0.1, 0.15) is 0 Å². The van der Waals surface area contributed by atoms with E-state index in [0.29, 0.717) is 5.56 Å². The summed E-state index contributed by atoms with van der Waals surface area (Å²) in [5, 5.41) is 2.01. The van der Waals surface area contributed by atoms with Crippen LogP contribution in [0.1, 0.15) is 26.7 Å². The lowest BCUT2D eigenvalue weighted by Crippen LogP contribution is -2.31. The van der Waals surface area contributed by atoms with Crippen LogP contribution in [-0.2, 0) is 10.2 Å². The molecule has 0 unspecified atom stereocenters. The Hall–Kier alpha value is -2.24. The van der Waals surface area contributed by atoms with Crippen molar-refractivity contribution in [2.45, 2.75) is 11.3 Å². The first-order chi connectivity index (χ1) is 13.1. The molecule has 134 valence electrons. The molecule has 1 aliphatic heterocycles. The third kappa shape index (κ3) is 2.18. The van der Waals surface area contributed by atoms with E-state index in [1.54, 1.807) is 23.3 Å². The highest BCUT2D eigenvalue weighted by Gasteiger charge is 2.77. The molecule has 0 saturated heterocycles. The summed E-state index contributed by atoms with van der Waals surface area (Å²) in [6.07, 6.45) is 0. The van der Waals surface area contributed by atoms with E-state index in [0.717, 1.165) is 20.6 Å². The average Bonchev–Trinajstić information content (AvgIpc) is 2.98. The molecule has 1 saturated carbocycles. The first-order valence-corrected chi connectivity index (χ1v) is 10.4. The summed E-state index contributed by atoms with van der Waals surface area (Å²) >= 11 is 5.04. The summed E-state index contributed by atoms with van der Waals surface area (Å²) in [4.78, 5) is 29.7. The van der Waals surface area contributed by atoms with Crippen molar-refractivity contribution in [3.63, 3.8) is 0 Å². The largest absolute Gasteiger partial charge is 0.314 e. The second-order valence-corrected chi connectivity index (χ2v) is 8.99. The molecule has 27 heavy (non-hydrogen) atoms. The minimum absolute atomic E-state index is 0.0255. The molecule has 3 nitrogen and oxygen atoms in total.